The van der Waals surface area contributed by atoms with Gasteiger partial charge < -0.3 is 14.2 Å². The number of hydrogen-bond donors (Lipinski definition) is 0. The summed E-state index contributed by atoms with van der Waals surface area (Å²) in [5, 5.41) is 9.50. The minimum atomic E-state index is -0.740. The molecule has 8 nitrogen and oxygen atoms in total. The first-order chi connectivity index (χ1) is 21.2. The second-order valence-electron chi connectivity index (χ2n) is 9.67. The van der Waals surface area contributed by atoms with Crippen molar-refractivity contribution in [3.05, 3.63) is 123 Å². The Bertz CT molecular complexity index is 1990. The number of esters is 1. The Hall–Kier alpha value is -3.98. The van der Waals surface area contributed by atoms with Gasteiger partial charge in [-0.2, -0.15) is 5.26 Å². The van der Waals surface area contributed by atoms with Crippen LogP contribution >= 0.6 is 43.2 Å². The fourth-order valence-electron chi connectivity index (χ4n) is 4.91. The molecule has 0 bridgehead atoms. The summed E-state index contributed by atoms with van der Waals surface area (Å²) in [6.07, 6.45) is 1.75. The number of rotatable bonds is 9. The summed E-state index contributed by atoms with van der Waals surface area (Å²) >= 11 is 8.36. The van der Waals surface area contributed by atoms with Crippen molar-refractivity contribution in [1.29, 1.82) is 5.26 Å². The first kappa shape index (κ1) is 31.4. The number of hydrogen-bond acceptors (Lipinski definition) is 8. The van der Waals surface area contributed by atoms with Gasteiger partial charge in [-0.25, -0.2) is 9.79 Å². The number of halogens is 2. The van der Waals surface area contributed by atoms with E-state index in [1.807, 2.05) is 55.5 Å². The molecule has 4 aromatic rings. The van der Waals surface area contributed by atoms with E-state index in [-0.39, 0.29) is 18.8 Å². The third kappa shape index (κ3) is 6.43. The van der Waals surface area contributed by atoms with Gasteiger partial charge >= 0.3 is 5.97 Å². The lowest BCUT2D eigenvalue weighted by Crippen LogP contribution is -2.39. The monoisotopic (exact) mass is 735 g/mol. The van der Waals surface area contributed by atoms with E-state index in [2.05, 4.69) is 42.9 Å². The molecule has 0 saturated heterocycles. The highest BCUT2D eigenvalue weighted by Crippen LogP contribution is 2.35. The van der Waals surface area contributed by atoms with E-state index >= 15 is 0 Å². The zero-order valence-electron chi connectivity index (χ0n) is 24.1. The Morgan fingerprint density at radius 3 is 2.55 bits per heavy atom. The van der Waals surface area contributed by atoms with Crippen molar-refractivity contribution in [3.8, 4) is 17.6 Å². The lowest BCUT2D eigenvalue weighted by atomic mass is 9.96. The molecule has 11 heteroatoms. The number of nitriles is 1. The quantitative estimate of drug-likeness (QED) is 0.191. The number of aromatic nitrogens is 1. The minimum Gasteiger partial charge on any atom is -0.494 e. The summed E-state index contributed by atoms with van der Waals surface area (Å²) in [7, 11) is 0. The van der Waals surface area contributed by atoms with E-state index in [1.54, 1.807) is 36.6 Å². The van der Waals surface area contributed by atoms with Crippen LogP contribution in [-0.2, 0) is 16.1 Å². The predicted molar refractivity (Wildman–Crippen MR) is 175 cm³/mol. The average Bonchev–Trinajstić information content (AvgIpc) is 3.30. The number of carbonyl (C=O) groups excluding carboxylic acids is 1. The van der Waals surface area contributed by atoms with Gasteiger partial charge in [0, 0.05) is 15.6 Å². The Balaban J connectivity index is 1.64. The summed E-state index contributed by atoms with van der Waals surface area (Å²) in [6, 6.07) is 19.7. The van der Waals surface area contributed by atoms with Crippen molar-refractivity contribution < 1.29 is 19.0 Å². The summed E-state index contributed by atoms with van der Waals surface area (Å²) < 4.78 is 20.6. The second-order valence-corrected chi connectivity index (χ2v) is 12.4. The van der Waals surface area contributed by atoms with Crippen LogP contribution in [0.15, 0.2) is 90.7 Å². The number of benzene rings is 3. The fourth-order valence-corrected chi connectivity index (χ4v) is 7.32. The molecular formula is C33H27Br2N3O5S. The van der Waals surface area contributed by atoms with Gasteiger partial charge in [-0.3, -0.25) is 9.36 Å². The molecule has 1 atom stereocenters. The summed E-state index contributed by atoms with van der Waals surface area (Å²) in [4.78, 5) is 32.5. The molecule has 5 rings (SSSR count). The molecule has 1 aliphatic rings. The van der Waals surface area contributed by atoms with Gasteiger partial charge in [0.1, 0.15) is 18.1 Å². The maximum absolute atomic E-state index is 14.1. The van der Waals surface area contributed by atoms with E-state index < -0.39 is 12.0 Å². The van der Waals surface area contributed by atoms with Crippen LogP contribution in [0.5, 0.6) is 11.5 Å². The number of ether oxygens (including phenoxy) is 3. The fraction of sp³-hybridized carbons (Fsp3) is 0.212. The molecule has 0 amide bonds. The van der Waals surface area contributed by atoms with Crippen LogP contribution in [0.25, 0.3) is 6.08 Å². The molecule has 0 spiro atoms. The highest BCUT2D eigenvalue weighted by Gasteiger charge is 2.33. The van der Waals surface area contributed by atoms with Gasteiger partial charge in [0.25, 0.3) is 5.56 Å². The number of allylic oxidation sites excluding steroid dienone is 1. The molecule has 0 N–H and O–H groups in total. The van der Waals surface area contributed by atoms with Crippen molar-refractivity contribution >= 4 is 55.2 Å². The van der Waals surface area contributed by atoms with Crippen LogP contribution < -0.4 is 24.4 Å². The summed E-state index contributed by atoms with van der Waals surface area (Å²) in [5.41, 5.74) is 3.12. The molecule has 2 heterocycles. The topological polar surface area (TPSA) is 103 Å². The smallest absolute Gasteiger partial charge is 0.338 e. The summed E-state index contributed by atoms with van der Waals surface area (Å²) in [6.45, 7) is 6.26. The third-order valence-electron chi connectivity index (χ3n) is 6.86. The van der Waals surface area contributed by atoms with Crippen molar-refractivity contribution in [2.24, 2.45) is 4.99 Å². The Morgan fingerprint density at radius 2 is 1.84 bits per heavy atom. The van der Waals surface area contributed by atoms with Crippen molar-refractivity contribution in [2.75, 3.05) is 13.2 Å². The van der Waals surface area contributed by atoms with Crippen LogP contribution in [0, 0.1) is 11.3 Å². The molecule has 0 saturated carbocycles. The average molecular weight is 737 g/mol. The molecule has 0 fully saturated rings. The SMILES string of the molecule is CCOC(=O)C1=C(C)N=c2s/c(=C\c3cc(Br)cc(Br)c3OCc3ccccc3C#N)c(=O)n2[C@H]1c1ccc(OCC)cc1. The zero-order chi connectivity index (χ0) is 31.4. The van der Waals surface area contributed by atoms with Crippen LogP contribution in [0.1, 0.15) is 49.1 Å². The molecule has 224 valence electrons. The van der Waals surface area contributed by atoms with Crippen molar-refractivity contribution in [2.45, 2.75) is 33.4 Å². The molecule has 1 aromatic heterocycles. The van der Waals surface area contributed by atoms with Crippen LogP contribution in [0.2, 0.25) is 0 Å². The molecule has 1 aliphatic heterocycles. The molecule has 3 aromatic carbocycles. The largest absolute Gasteiger partial charge is 0.494 e. The standard InChI is InChI=1S/C33H27Br2N3O5S/c1-4-41-25-12-10-20(11-13-25)29-28(32(40)42-5-2)19(3)37-33-38(29)31(39)27(44-33)15-23-14-24(34)16-26(35)30(23)43-18-22-9-7-6-8-21(22)17-36/h6-16,29H,4-5,18H2,1-3H3/b27-15-/t29-/m0/s1. The van der Waals surface area contributed by atoms with Gasteiger partial charge in [0.05, 0.1) is 51.2 Å². The lowest BCUT2D eigenvalue weighted by Gasteiger charge is -2.24. The number of nitrogens with zero attached hydrogens (tertiary/aromatic N) is 3. The van der Waals surface area contributed by atoms with Crippen molar-refractivity contribution in [3.63, 3.8) is 0 Å². The Kier molecular flexibility index (Phi) is 9.84. The Labute approximate surface area is 274 Å². The first-order valence-corrected chi connectivity index (χ1v) is 16.2. The van der Waals surface area contributed by atoms with Crippen LogP contribution in [0.4, 0.5) is 0 Å². The van der Waals surface area contributed by atoms with E-state index in [0.717, 1.165) is 15.6 Å². The minimum absolute atomic E-state index is 0.159. The molecule has 44 heavy (non-hydrogen) atoms. The van der Waals surface area contributed by atoms with E-state index in [4.69, 9.17) is 14.2 Å². The normalized spacial score (nSPS) is 14.5. The number of thiazole rings is 1. The predicted octanol–water partition coefficient (Wildman–Crippen LogP) is 6.17. The van der Waals surface area contributed by atoms with Gasteiger partial charge in [0.15, 0.2) is 4.80 Å². The van der Waals surface area contributed by atoms with Gasteiger partial charge in [-0.1, -0.05) is 57.6 Å². The maximum atomic E-state index is 14.1. The maximum Gasteiger partial charge on any atom is 0.338 e. The third-order valence-corrected chi connectivity index (χ3v) is 8.89. The zero-order valence-corrected chi connectivity index (χ0v) is 28.1. The van der Waals surface area contributed by atoms with E-state index in [0.29, 0.717) is 54.3 Å². The van der Waals surface area contributed by atoms with Gasteiger partial charge in [-0.15, -0.1) is 0 Å². The molecule has 0 unspecified atom stereocenters. The van der Waals surface area contributed by atoms with Crippen LogP contribution in [0.3, 0.4) is 0 Å². The van der Waals surface area contributed by atoms with Gasteiger partial charge in [0.2, 0.25) is 0 Å². The summed E-state index contributed by atoms with van der Waals surface area (Å²) in [5.74, 6) is 0.677. The lowest BCUT2D eigenvalue weighted by molar-refractivity contribution is -0.139. The molecule has 0 radical (unpaired) electrons. The van der Waals surface area contributed by atoms with Crippen LogP contribution in [-0.4, -0.2) is 23.8 Å². The number of carbonyl (C=O) groups is 1. The molecule has 0 aliphatic carbocycles. The highest BCUT2D eigenvalue weighted by molar-refractivity contribution is 9.11. The first-order valence-electron chi connectivity index (χ1n) is 13.8. The Morgan fingerprint density at radius 1 is 1.09 bits per heavy atom. The number of fused-ring (bicyclic) bond motifs is 1. The molecular weight excluding hydrogens is 710 g/mol. The van der Waals surface area contributed by atoms with Gasteiger partial charge in [-0.05, 0) is 78.7 Å². The van der Waals surface area contributed by atoms with E-state index in [9.17, 15) is 14.9 Å². The van der Waals surface area contributed by atoms with E-state index in [1.165, 1.54) is 11.3 Å². The van der Waals surface area contributed by atoms with Crippen molar-refractivity contribution in [1.82, 2.24) is 4.57 Å². The highest BCUT2D eigenvalue weighted by atomic mass is 79.9. The second kappa shape index (κ2) is 13.8.